The summed E-state index contributed by atoms with van der Waals surface area (Å²) in [5.41, 5.74) is 5.85. The first-order valence-corrected chi connectivity index (χ1v) is 7.29. The average molecular weight is 308 g/mol. The molecule has 21 heavy (non-hydrogen) atoms. The Labute approximate surface area is 126 Å². The van der Waals surface area contributed by atoms with E-state index >= 15 is 0 Å². The van der Waals surface area contributed by atoms with Crippen molar-refractivity contribution in [1.82, 2.24) is 0 Å². The van der Waals surface area contributed by atoms with Gasteiger partial charge < -0.3 is 16.2 Å². The molecule has 0 saturated heterocycles. The van der Waals surface area contributed by atoms with E-state index in [2.05, 4.69) is 19.2 Å². The Morgan fingerprint density at radius 3 is 2.76 bits per heavy atom. The topological polar surface area (TPSA) is 75.3 Å². The summed E-state index contributed by atoms with van der Waals surface area (Å²) in [6, 6.07) is 6.29. The molecular formula is C15H17FN2O2S. The molecule has 2 rings (SSSR count). The Bertz CT molecular complexity index is 654. The van der Waals surface area contributed by atoms with E-state index in [1.54, 1.807) is 11.3 Å². The fourth-order valence-electron chi connectivity index (χ4n) is 1.97. The number of anilines is 2. The fraction of sp³-hybridized carbons (Fsp3) is 0.267. The van der Waals surface area contributed by atoms with Gasteiger partial charge in [0.25, 0.3) is 0 Å². The SMILES string of the molecule is CC(C)(CNc1cc(F)c(C(=O)O)cc1N)c1cccs1. The molecule has 112 valence electrons. The summed E-state index contributed by atoms with van der Waals surface area (Å²) < 4.78 is 13.7. The minimum absolute atomic E-state index is 0.136. The quantitative estimate of drug-likeness (QED) is 0.738. The van der Waals surface area contributed by atoms with Gasteiger partial charge in [0.2, 0.25) is 0 Å². The van der Waals surface area contributed by atoms with Crippen molar-refractivity contribution in [3.05, 3.63) is 45.9 Å². The van der Waals surface area contributed by atoms with Crippen molar-refractivity contribution < 1.29 is 14.3 Å². The van der Waals surface area contributed by atoms with E-state index < -0.39 is 17.3 Å². The summed E-state index contributed by atoms with van der Waals surface area (Å²) in [5, 5.41) is 14.0. The van der Waals surface area contributed by atoms with E-state index in [-0.39, 0.29) is 11.1 Å². The maximum atomic E-state index is 13.7. The summed E-state index contributed by atoms with van der Waals surface area (Å²) in [5.74, 6) is -2.13. The second-order valence-corrected chi connectivity index (χ2v) is 6.39. The molecule has 0 atom stereocenters. The third-order valence-corrected chi connectivity index (χ3v) is 4.51. The highest BCUT2D eigenvalue weighted by Crippen LogP contribution is 2.29. The van der Waals surface area contributed by atoms with Crippen LogP contribution in [0.4, 0.5) is 15.8 Å². The highest BCUT2D eigenvalue weighted by Gasteiger charge is 2.22. The molecular weight excluding hydrogens is 291 g/mol. The van der Waals surface area contributed by atoms with Crippen molar-refractivity contribution in [2.75, 3.05) is 17.6 Å². The van der Waals surface area contributed by atoms with Gasteiger partial charge in [0.15, 0.2) is 0 Å². The lowest BCUT2D eigenvalue weighted by Crippen LogP contribution is -2.27. The van der Waals surface area contributed by atoms with Gasteiger partial charge in [0, 0.05) is 16.8 Å². The van der Waals surface area contributed by atoms with E-state index in [0.717, 1.165) is 12.1 Å². The van der Waals surface area contributed by atoms with Crippen LogP contribution in [0.1, 0.15) is 29.1 Å². The number of thiophene rings is 1. The average Bonchev–Trinajstić information content (AvgIpc) is 2.93. The number of rotatable bonds is 5. The molecule has 2 aromatic rings. The van der Waals surface area contributed by atoms with Gasteiger partial charge in [0.05, 0.1) is 16.9 Å². The number of nitrogens with one attached hydrogen (secondary N) is 1. The Morgan fingerprint density at radius 1 is 1.48 bits per heavy atom. The van der Waals surface area contributed by atoms with Gasteiger partial charge >= 0.3 is 5.97 Å². The molecule has 6 heteroatoms. The van der Waals surface area contributed by atoms with Crippen molar-refractivity contribution in [3.63, 3.8) is 0 Å². The predicted molar refractivity (Wildman–Crippen MR) is 83.6 cm³/mol. The van der Waals surface area contributed by atoms with Crippen molar-refractivity contribution in [1.29, 1.82) is 0 Å². The molecule has 0 amide bonds. The molecule has 0 aliphatic rings. The monoisotopic (exact) mass is 308 g/mol. The standard InChI is InChI=1S/C15H17FN2O2S/c1-15(2,13-4-3-5-21-13)8-18-12-7-10(16)9(14(19)20)6-11(12)17/h3-7,18H,8,17H2,1-2H3,(H,19,20). The summed E-state index contributed by atoms with van der Waals surface area (Å²) in [4.78, 5) is 12.0. The first-order valence-electron chi connectivity index (χ1n) is 6.41. The third-order valence-electron chi connectivity index (χ3n) is 3.28. The molecule has 0 saturated carbocycles. The van der Waals surface area contributed by atoms with E-state index in [1.807, 2.05) is 17.5 Å². The first kappa shape index (κ1) is 15.3. The van der Waals surface area contributed by atoms with Crippen LogP contribution in [0.3, 0.4) is 0 Å². The number of hydrogen-bond donors (Lipinski definition) is 3. The Kier molecular flexibility index (Phi) is 4.18. The summed E-state index contributed by atoms with van der Waals surface area (Å²) >= 11 is 1.66. The lowest BCUT2D eigenvalue weighted by molar-refractivity contribution is 0.0692. The van der Waals surface area contributed by atoms with Crippen LogP contribution in [0.5, 0.6) is 0 Å². The molecule has 1 heterocycles. The highest BCUT2D eigenvalue weighted by molar-refractivity contribution is 7.10. The molecule has 0 aliphatic heterocycles. The zero-order valence-electron chi connectivity index (χ0n) is 11.8. The summed E-state index contributed by atoms with van der Waals surface area (Å²) in [6.07, 6.45) is 0. The van der Waals surface area contributed by atoms with Gasteiger partial charge in [-0.1, -0.05) is 19.9 Å². The predicted octanol–water partition coefficient (Wildman–Crippen LogP) is 3.56. The molecule has 0 bridgehead atoms. The molecule has 0 radical (unpaired) electrons. The Balaban J connectivity index is 2.17. The number of carboxylic acids is 1. The number of carboxylic acid groups (broad SMARTS) is 1. The van der Waals surface area contributed by atoms with Crippen LogP contribution in [-0.4, -0.2) is 17.6 Å². The smallest absolute Gasteiger partial charge is 0.338 e. The van der Waals surface area contributed by atoms with Crippen molar-refractivity contribution in [3.8, 4) is 0 Å². The normalized spacial score (nSPS) is 11.4. The number of nitrogens with two attached hydrogens (primary N) is 1. The van der Waals surface area contributed by atoms with Crippen LogP contribution in [0.25, 0.3) is 0 Å². The molecule has 1 aromatic heterocycles. The van der Waals surface area contributed by atoms with E-state index in [9.17, 15) is 9.18 Å². The second-order valence-electron chi connectivity index (χ2n) is 5.44. The Hall–Kier alpha value is -2.08. The van der Waals surface area contributed by atoms with E-state index in [4.69, 9.17) is 10.8 Å². The maximum absolute atomic E-state index is 13.7. The van der Waals surface area contributed by atoms with E-state index in [0.29, 0.717) is 12.2 Å². The lowest BCUT2D eigenvalue weighted by Gasteiger charge is -2.25. The van der Waals surface area contributed by atoms with E-state index in [1.165, 1.54) is 4.88 Å². The summed E-state index contributed by atoms with van der Waals surface area (Å²) in [7, 11) is 0. The fourth-order valence-corrected chi connectivity index (χ4v) is 2.83. The minimum Gasteiger partial charge on any atom is -0.478 e. The number of hydrogen-bond acceptors (Lipinski definition) is 4. The molecule has 0 aliphatic carbocycles. The molecule has 0 spiro atoms. The van der Waals surface area contributed by atoms with Gasteiger partial charge in [0.1, 0.15) is 5.82 Å². The largest absolute Gasteiger partial charge is 0.478 e. The van der Waals surface area contributed by atoms with Gasteiger partial charge in [-0.25, -0.2) is 9.18 Å². The molecule has 4 nitrogen and oxygen atoms in total. The van der Waals surface area contributed by atoms with Crippen molar-refractivity contribution in [2.45, 2.75) is 19.3 Å². The van der Waals surface area contributed by atoms with Gasteiger partial charge in [-0.2, -0.15) is 0 Å². The van der Waals surface area contributed by atoms with Crippen LogP contribution in [0, 0.1) is 5.82 Å². The van der Waals surface area contributed by atoms with Gasteiger partial charge in [-0.3, -0.25) is 0 Å². The molecule has 4 N–H and O–H groups in total. The molecule has 0 unspecified atom stereocenters. The van der Waals surface area contributed by atoms with Crippen molar-refractivity contribution in [2.24, 2.45) is 0 Å². The molecule has 1 aromatic carbocycles. The third kappa shape index (κ3) is 3.33. The number of aromatic carboxylic acids is 1. The number of carbonyl (C=O) groups is 1. The number of halogens is 1. The minimum atomic E-state index is -1.33. The van der Waals surface area contributed by atoms with Crippen molar-refractivity contribution >= 4 is 28.7 Å². The lowest BCUT2D eigenvalue weighted by atomic mass is 9.91. The Morgan fingerprint density at radius 2 is 2.19 bits per heavy atom. The number of benzene rings is 1. The van der Waals surface area contributed by atoms with Crippen LogP contribution < -0.4 is 11.1 Å². The summed E-state index contributed by atoms with van der Waals surface area (Å²) in [6.45, 7) is 4.71. The van der Waals surface area contributed by atoms with Crippen LogP contribution in [0.15, 0.2) is 29.6 Å². The zero-order valence-corrected chi connectivity index (χ0v) is 12.6. The van der Waals surface area contributed by atoms with Crippen LogP contribution in [0.2, 0.25) is 0 Å². The molecule has 0 fully saturated rings. The van der Waals surface area contributed by atoms with Gasteiger partial charge in [-0.15, -0.1) is 11.3 Å². The zero-order chi connectivity index (χ0) is 15.6. The maximum Gasteiger partial charge on any atom is 0.338 e. The van der Waals surface area contributed by atoms with Gasteiger partial charge in [-0.05, 0) is 23.6 Å². The van der Waals surface area contributed by atoms with Crippen LogP contribution in [-0.2, 0) is 5.41 Å². The second kappa shape index (κ2) is 5.73. The highest BCUT2D eigenvalue weighted by atomic mass is 32.1. The first-order chi connectivity index (χ1) is 9.81. The number of nitrogen functional groups attached to an aromatic ring is 1. The van der Waals surface area contributed by atoms with Crippen LogP contribution >= 0.6 is 11.3 Å².